The highest BCUT2D eigenvalue weighted by Gasteiger charge is 2.21. The molecule has 0 aliphatic carbocycles. The summed E-state index contributed by atoms with van der Waals surface area (Å²) < 4.78 is 5.09. The van der Waals surface area contributed by atoms with Crippen molar-refractivity contribution in [3.05, 3.63) is 23.9 Å². The summed E-state index contributed by atoms with van der Waals surface area (Å²) in [5, 5.41) is 0. The van der Waals surface area contributed by atoms with Crippen molar-refractivity contribution in [2.45, 2.75) is 39.3 Å². The molecule has 0 aromatic carbocycles. The first-order valence-electron chi connectivity index (χ1n) is 6.91. The van der Waals surface area contributed by atoms with Crippen molar-refractivity contribution < 1.29 is 4.74 Å². The first kappa shape index (κ1) is 15.9. The molecule has 1 aromatic heterocycles. The highest BCUT2D eigenvalue weighted by atomic mass is 16.5. The molecule has 0 spiro atoms. The van der Waals surface area contributed by atoms with Gasteiger partial charge in [0.15, 0.2) is 0 Å². The van der Waals surface area contributed by atoms with Gasteiger partial charge in [-0.3, -0.25) is 4.90 Å². The molecule has 4 nitrogen and oxygen atoms in total. The Hall–Kier alpha value is -1.13. The average Bonchev–Trinajstić information content (AvgIpc) is 2.39. The van der Waals surface area contributed by atoms with Crippen LogP contribution >= 0.6 is 0 Å². The van der Waals surface area contributed by atoms with Crippen molar-refractivity contribution in [3.8, 4) is 5.88 Å². The van der Waals surface area contributed by atoms with Crippen LogP contribution in [0, 0.1) is 5.92 Å². The van der Waals surface area contributed by atoms with Crippen molar-refractivity contribution in [2.24, 2.45) is 11.7 Å². The quantitative estimate of drug-likeness (QED) is 0.823. The van der Waals surface area contributed by atoms with Gasteiger partial charge in [0.1, 0.15) is 0 Å². The number of hydrogen-bond acceptors (Lipinski definition) is 4. The van der Waals surface area contributed by atoms with E-state index in [9.17, 15) is 0 Å². The van der Waals surface area contributed by atoms with Crippen molar-refractivity contribution >= 4 is 0 Å². The third-order valence-corrected chi connectivity index (χ3v) is 3.58. The van der Waals surface area contributed by atoms with Crippen LogP contribution in [0.5, 0.6) is 5.88 Å². The van der Waals surface area contributed by atoms with Crippen LogP contribution in [0.3, 0.4) is 0 Å². The standard InChI is InChI=1S/C15H27N3O/c1-11(2)8-12(3)18(4)14(9-16)13-6-7-15(19-5)17-10-13/h6-7,10-12,14H,8-9,16H2,1-5H3. The van der Waals surface area contributed by atoms with E-state index in [-0.39, 0.29) is 6.04 Å². The Morgan fingerprint density at radius 1 is 1.32 bits per heavy atom. The molecule has 108 valence electrons. The fourth-order valence-electron chi connectivity index (χ4n) is 2.40. The van der Waals surface area contributed by atoms with Gasteiger partial charge in [-0.25, -0.2) is 4.98 Å². The lowest BCUT2D eigenvalue weighted by Crippen LogP contribution is -2.37. The average molecular weight is 265 g/mol. The lowest BCUT2D eigenvalue weighted by Gasteiger charge is -2.33. The predicted molar refractivity (Wildman–Crippen MR) is 79.3 cm³/mol. The van der Waals surface area contributed by atoms with Gasteiger partial charge in [-0.15, -0.1) is 0 Å². The monoisotopic (exact) mass is 265 g/mol. The van der Waals surface area contributed by atoms with Crippen LogP contribution in [0.25, 0.3) is 0 Å². The Labute approximate surface area is 117 Å². The minimum atomic E-state index is 0.201. The van der Waals surface area contributed by atoms with Crippen LogP contribution in [0.4, 0.5) is 0 Å². The summed E-state index contributed by atoms with van der Waals surface area (Å²) in [6.07, 6.45) is 3.02. The topological polar surface area (TPSA) is 51.4 Å². The van der Waals surface area contributed by atoms with Gasteiger partial charge in [-0.1, -0.05) is 19.9 Å². The first-order valence-corrected chi connectivity index (χ1v) is 6.91. The number of ether oxygens (including phenoxy) is 1. The Balaban J connectivity index is 2.80. The summed E-state index contributed by atoms with van der Waals surface area (Å²) in [4.78, 5) is 6.60. The molecular weight excluding hydrogens is 238 g/mol. The first-order chi connectivity index (χ1) is 8.99. The number of nitrogens with two attached hydrogens (primary N) is 1. The van der Waals surface area contributed by atoms with Gasteiger partial charge >= 0.3 is 0 Å². The molecule has 0 aliphatic rings. The number of likely N-dealkylation sites (N-methyl/N-ethyl adjacent to an activating group) is 1. The Morgan fingerprint density at radius 3 is 2.42 bits per heavy atom. The van der Waals surface area contributed by atoms with Gasteiger partial charge in [0.05, 0.1) is 7.11 Å². The molecule has 1 aromatic rings. The fourth-order valence-corrected chi connectivity index (χ4v) is 2.40. The number of nitrogens with zero attached hydrogens (tertiary/aromatic N) is 2. The molecule has 2 unspecified atom stereocenters. The van der Waals surface area contributed by atoms with Gasteiger partial charge in [-0.05, 0) is 31.9 Å². The van der Waals surface area contributed by atoms with Crippen LogP contribution in [-0.4, -0.2) is 36.6 Å². The molecule has 1 heterocycles. The normalized spacial score (nSPS) is 14.7. The summed E-state index contributed by atoms with van der Waals surface area (Å²) in [6.45, 7) is 7.33. The zero-order valence-corrected chi connectivity index (χ0v) is 12.8. The van der Waals surface area contributed by atoms with Crippen LogP contribution in [0.2, 0.25) is 0 Å². The second kappa shape index (κ2) is 7.46. The third-order valence-electron chi connectivity index (χ3n) is 3.58. The minimum Gasteiger partial charge on any atom is -0.481 e. The second-order valence-corrected chi connectivity index (χ2v) is 5.53. The van der Waals surface area contributed by atoms with Gasteiger partial charge in [0.2, 0.25) is 5.88 Å². The molecule has 1 rings (SSSR count). The van der Waals surface area contributed by atoms with E-state index < -0.39 is 0 Å². The summed E-state index contributed by atoms with van der Waals surface area (Å²) in [6, 6.07) is 4.63. The predicted octanol–water partition coefficient (Wildman–Crippen LogP) is 2.46. The molecule has 0 saturated carbocycles. The lowest BCUT2D eigenvalue weighted by atomic mass is 10.0. The molecule has 2 N–H and O–H groups in total. The SMILES string of the molecule is COc1ccc(C(CN)N(C)C(C)CC(C)C)cn1. The third kappa shape index (κ3) is 4.48. The van der Waals surface area contributed by atoms with Gasteiger partial charge < -0.3 is 10.5 Å². The maximum Gasteiger partial charge on any atom is 0.212 e. The van der Waals surface area contributed by atoms with Crippen molar-refractivity contribution in [1.82, 2.24) is 9.88 Å². The second-order valence-electron chi connectivity index (χ2n) is 5.53. The van der Waals surface area contributed by atoms with Gasteiger partial charge in [-0.2, -0.15) is 0 Å². The highest BCUT2D eigenvalue weighted by Crippen LogP contribution is 2.23. The molecule has 19 heavy (non-hydrogen) atoms. The lowest BCUT2D eigenvalue weighted by molar-refractivity contribution is 0.168. The number of aromatic nitrogens is 1. The molecular formula is C15H27N3O. The van der Waals surface area contributed by atoms with Gasteiger partial charge in [0, 0.05) is 30.9 Å². The number of pyridine rings is 1. The van der Waals surface area contributed by atoms with E-state index in [1.807, 2.05) is 18.3 Å². The number of methoxy groups -OCH3 is 1. The van der Waals surface area contributed by atoms with Crippen LogP contribution in [0.15, 0.2) is 18.3 Å². The van der Waals surface area contributed by atoms with E-state index in [1.165, 1.54) is 0 Å². The van der Waals surface area contributed by atoms with Crippen molar-refractivity contribution in [1.29, 1.82) is 0 Å². The highest BCUT2D eigenvalue weighted by molar-refractivity contribution is 5.21. The molecule has 2 atom stereocenters. The van der Waals surface area contributed by atoms with Crippen LogP contribution < -0.4 is 10.5 Å². The fraction of sp³-hybridized carbons (Fsp3) is 0.667. The van der Waals surface area contributed by atoms with Crippen molar-refractivity contribution in [2.75, 3.05) is 20.7 Å². The number of hydrogen-bond donors (Lipinski definition) is 1. The Bertz CT molecular complexity index is 364. The minimum absolute atomic E-state index is 0.201. The van der Waals surface area contributed by atoms with E-state index in [4.69, 9.17) is 10.5 Å². The largest absolute Gasteiger partial charge is 0.481 e. The summed E-state index contributed by atoms with van der Waals surface area (Å²) in [5.74, 6) is 1.32. The van der Waals surface area contributed by atoms with Gasteiger partial charge in [0.25, 0.3) is 0 Å². The van der Waals surface area contributed by atoms with Crippen molar-refractivity contribution in [3.63, 3.8) is 0 Å². The summed E-state index contributed by atoms with van der Waals surface area (Å²) in [5.41, 5.74) is 7.08. The molecule has 0 fully saturated rings. The van der Waals surface area contributed by atoms with E-state index >= 15 is 0 Å². The smallest absolute Gasteiger partial charge is 0.212 e. The van der Waals surface area contributed by atoms with E-state index in [2.05, 4.69) is 37.7 Å². The van der Waals surface area contributed by atoms with E-state index in [0.29, 0.717) is 24.4 Å². The maximum absolute atomic E-state index is 5.94. The maximum atomic E-state index is 5.94. The van der Waals surface area contributed by atoms with Crippen LogP contribution in [-0.2, 0) is 0 Å². The van der Waals surface area contributed by atoms with E-state index in [0.717, 1.165) is 12.0 Å². The Kier molecular flexibility index (Phi) is 6.25. The van der Waals surface area contributed by atoms with Crippen LogP contribution in [0.1, 0.15) is 38.8 Å². The Morgan fingerprint density at radius 2 is 2.00 bits per heavy atom. The number of rotatable bonds is 7. The molecule has 0 aliphatic heterocycles. The molecule has 0 saturated heterocycles. The zero-order valence-electron chi connectivity index (χ0n) is 12.8. The molecule has 4 heteroatoms. The zero-order chi connectivity index (χ0) is 14.4. The molecule has 0 radical (unpaired) electrons. The summed E-state index contributed by atoms with van der Waals surface area (Å²) >= 11 is 0. The van der Waals surface area contributed by atoms with E-state index in [1.54, 1.807) is 7.11 Å². The summed E-state index contributed by atoms with van der Waals surface area (Å²) in [7, 11) is 3.76. The molecule has 0 bridgehead atoms. The molecule has 0 amide bonds.